The number of halogens is 1. The van der Waals surface area contributed by atoms with Crippen LogP contribution in [0.25, 0.3) is 0 Å². The Bertz CT molecular complexity index is 473. The van der Waals surface area contributed by atoms with Crippen molar-refractivity contribution in [2.24, 2.45) is 0 Å². The van der Waals surface area contributed by atoms with Crippen LogP contribution in [-0.2, 0) is 4.74 Å². The highest BCUT2D eigenvalue weighted by molar-refractivity contribution is 6.34. The third kappa shape index (κ3) is 2.37. The zero-order chi connectivity index (χ0) is 12.4. The molecule has 17 heavy (non-hydrogen) atoms. The largest absolute Gasteiger partial charge is 0.377 e. The van der Waals surface area contributed by atoms with Gasteiger partial charge in [-0.25, -0.2) is 0 Å². The lowest BCUT2D eigenvalue weighted by atomic mass is 10.1. The van der Waals surface area contributed by atoms with Gasteiger partial charge in [-0.3, -0.25) is 14.9 Å². The van der Waals surface area contributed by atoms with Gasteiger partial charge in [0.15, 0.2) is 0 Å². The quantitative estimate of drug-likeness (QED) is 0.654. The van der Waals surface area contributed by atoms with Crippen molar-refractivity contribution in [2.75, 3.05) is 13.2 Å². The van der Waals surface area contributed by atoms with Crippen molar-refractivity contribution in [1.82, 2.24) is 5.32 Å². The first-order valence-corrected chi connectivity index (χ1v) is 5.29. The van der Waals surface area contributed by atoms with Gasteiger partial charge in [0.2, 0.25) is 0 Å². The van der Waals surface area contributed by atoms with E-state index in [-0.39, 0.29) is 22.3 Å². The minimum atomic E-state index is -0.627. The standard InChI is InChI=1S/C10H9ClN2O4/c11-7-2-1-3-8(13(15)16)9(7)10(14)12-6-4-17-5-6/h1-3,6H,4-5H2,(H,12,14). The average molecular weight is 257 g/mol. The number of hydrogen-bond donors (Lipinski definition) is 1. The summed E-state index contributed by atoms with van der Waals surface area (Å²) in [5.74, 6) is -0.546. The van der Waals surface area contributed by atoms with Crippen LogP contribution in [0.4, 0.5) is 5.69 Å². The highest BCUT2D eigenvalue weighted by Crippen LogP contribution is 2.26. The van der Waals surface area contributed by atoms with E-state index in [0.717, 1.165) is 0 Å². The molecule has 1 aromatic carbocycles. The molecule has 0 aliphatic carbocycles. The smallest absolute Gasteiger partial charge is 0.283 e. The first-order valence-electron chi connectivity index (χ1n) is 4.91. The fraction of sp³-hybridized carbons (Fsp3) is 0.300. The molecule has 0 bridgehead atoms. The number of amides is 1. The molecule has 0 saturated carbocycles. The molecule has 90 valence electrons. The predicted molar refractivity (Wildman–Crippen MR) is 60.2 cm³/mol. The Morgan fingerprint density at radius 2 is 2.24 bits per heavy atom. The molecule has 1 fully saturated rings. The van der Waals surface area contributed by atoms with Crippen LogP contribution in [0, 0.1) is 10.1 Å². The molecule has 7 heteroatoms. The van der Waals surface area contributed by atoms with Crippen LogP contribution in [0.5, 0.6) is 0 Å². The Labute approximate surface area is 102 Å². The molecule has 1 N–H and O–H groups in total. The van der Waals surface area contributed by atoms with Crippen molar-refractivity contribution in [3.63, 3.8) is 0 Å². The number of rotatable bonds is 3. The highest BCUT2D eigenvalue weighted by atomic mass is 35.5. The molecule has 0 aromatic heterocycles. The van der Waals surface area contributed by atoms with Gasteiger partial charge in [-0.05, 0) is 6.07 Å². The summed E-state index contributed by atoms with van der Waals surface area (Å²) in [6.07, 6.45) is 0. The number of nitro groups is 1. The Morgan fingerprint density at radius 3 is 2.76 bits per heavy atom. The second kappa shape index (κ2) is 4.68. The molecule has 1 amide bonds. The number of carbonyl (C=O) groups excluding carboxylic acids is 1. The van der Waals surface area contributed by atoms with Crippen LogP contribution in [0.2, 0.25) is 5.02 Å². The van der Waals surface area contributed by atoms with E-state index in [1.165, 1.54) is 18.2 Å². The molecule has 0 atom stereocenters. The summed E-state index contributed by atoms with van der Waals surface area (Å²) in [5.41, 5.74) is -0.402. The minimum Gasteiger partial charge on any atom is -0.377 e. The topological polar surface area (TPSA) is 81.5 Å². The monoisotopic (exact) mass is 256 g/mol. The van der Waals surface area contributed by atoms with Gasteiger partial charge in [-0.2, -0.15) is 0 Å². The van der Waals surface area contributed by atoms with Gasteiger partial charge in [0, 0.05) is 6.07 Å². The van der Waals surface area contributed by atoms with E-state index < -0.39 is 10.8 Å². The van der Waals surface area contributed by atoms with E-state index >= 15 is 0 Å². The Hall–Kier alpha value is -1.66. The number of ether oxygens (including phenoxy) is 1. The molecular weight excluding hydrogens is 248 g/mol. The predicted octanol–water partition coefficient (Wildman–Crippen LogP) is 1.38. The molecule has 1 aliphatic heterocycles. The Kier molecular flexibility index (Phi) is 3.26. The SMILES string of the molecule is O=C(NC1COC1)c1c(Cl)cccc1[N+](=O)[O-]. The van der Waals surface area contributed by atoms with E-state index in [0.29, 0.717) is 13.2 Å². The van der Waals surface area contributed by atoms with E-state index in [9.17, 15) is 14.9 Å². The first kappa shape index (κ1) is 11.8. The molecule has 0 unspecified atom stereocenters. The average Bonchev–Trinajstić information content (AvgIpc) is 2.22. The first-order chi connectivity index (χ1) is 8.09. The van der Waals surface area contributed by atoms with E-state index in [1.807, 2.05) is 0 Å². The maximum atomic E-state index is 11.8. The number of hydrogen-bond acceptors (Lipinski definition) is 4. The number of benzene rings is 1. The van der Waals surface area contributed by atoms with Gasteiger partial charge < -0.3 is 10.1 Å². The number of carbonyl (C=O) groups is 1. The molecule has 1 aromatic rings. The lowest BCUT2D eigenvalue weighted by Crippen LogP contribution is -2.48. The maximum absolute atomic E-state index is 11.8. The molecule has 1 heterocycles. The van der Waals surface area contributed by atoms with E-state index in [2.05, 4.69) is 5.32 Å². The molecular formula is C10H9ClN2O4. The van der Waals surface area contributed by atoms with Crippen LogP contribution < -0.4 is 5.32 Å². The van der Waals surface area contributed by atoms with Gasteiger partial charge in [-0.15, -0.1) is 0 Å². The molecule has 2 rings (SSSR count). The van der Waals surface area contributed by atoms with E-state index in [4.69, 9.17) is 16.3 Å². The summed E-state index contributed by atoms with van der Waals surface area (Å²) < 4.78 is 4.90. The molecule has 1 saturated heterocycles. The second-order valence-electron chi connectivity index (χ2n) is 3.60. The molecule has 6 nitrogen and oxygen atoms in total. The van der Waals surface area contributed by atoms with Crippen LogP contribution in [0.1, 0.15) is 10.4 Å². The second-order valence-corrected chi connectivity index (χ2v) is 4.01. The van der Waals surface area contributed by atoms with Gasteiger partial charge >= 0.3 is 0 Å². The summed E-state index contributed by atoms with van der Waals surface area (Å²) >= 11 is 5.82. The van der Waals surface area contributed by atoms with Gasteiger partial charge in [0.05, 0.1) is 29.2 Å². The summed E-state index contributed by atoms with van der Waals surface area (Å²) in [7, 11) is 0. The van der Waals surface area contributed by atoms with Crippen LogP contribution in [0.15, 0.2) is 18.2 Å². The molecule has 0 spiro atoms. The summed E-state index contributed by atoms with van der Waals surface area (Å²) in [6.45, 7) is 0.841. The fourth-order valence-electron chi connectivity index (χ4n) is 1.47. The van der Waals surface area contributed by atoms with Crippen LogP contribution in [0.3, 0.4) is 0 Å². The maximum Gasteiger partial charge on any atom is 0.283 e. The fourth-order valence-corrected chi connectivity index (χ4v) is 1.72. The Balaban J connectivity index is 2.28. The Morgan fingerprint density at radius 1 is 1.53 bits per heavy atom. The zero-order valence-electron chi connectivity index (χ0n) is 8.68. The van der Waals surface area contributed by atoms with Crippen molar-refractivity contribution < 1.29 is 14.5 Å². The molecule has 1 aliphatic rings. The van der Waals surface area contributed by atoms with Gasteiger partial charge in [-0.1, -0.05) is 17.7 Å². The highest BCUT2D eigenvalue weighted by Gasteiger charge is 2.27. The lowest BCUT2D eigenvalue weighted by Gasteiger charge is -2.26. The third-order valence-electron chi connectivity index (χ3n) is 2.39. The number of nitro benzene ring substituents is 1. The number of nitrogens with zero attached hydrogens (tertiary/aromatic N) is 1. The number of nitrogens with one attached hydrogen (secondary N) is 1. The van der Waals surface area contributed by atoms with Crippen molar-refractivity contribution in [3.8, 4) is 0 Å². The van der Waals surface area contributed by atoms with E-state index in [1.54, 1.807) is 0 Å². The normalized spacial score (nSPS) is 15.1. The third-order valence-corrected chi connectivity index (χ3v) is 2.70. The van der Waals surface area contributed by atoms with Crippen molar-refractivity contribution >= 4 is 23.2 Å². The molecule has 0 radical (unpaired) electrons. The van der Waals surface area contributed by atoms with Crippen molar-refractivity contribution in [3.05, 3.63) is 38.9 Å². The lowest BCUT2D eigenvalue weighted by molar-refractivity contribution is -0.385. The summed E-state index contributed by atoms with van der Waals surface area (Å²) in [5, 5.41) is 13.5. The minimum absolute atomic E-state index is 0.0666. The van der Waals surface area contributed by atoms with Crippen LogP contribution in [-0.4, -0.2) is 30.1 Å². The van der Waals surface area contributed by atoms with Crippen molar-refractivity contribution in [2.45, 2.75) is 6.04 Å². The van der Waals surface area contributed by atoms with Gasteiger partial charge in [0.25, 0.3) is 11.6 Å². The summed E-state index contributed by atoms with van der Waals surface area (Å²) in [4.78, 5) is 22.0. The zero-order valence-corrected chi connectivity index (χ0v) is 9.44. The van der Waals surface area contributed by atoms with Crippen molar-refractivity contribution in [1.29, 1.82) is 0 Å². The summed E-state index contributed by atoms with van der Waals surface area (Å²) in [6, 6.07) is 4.03. The van der Waals surface area contributed by atoms with Crippen LogP contribution >= 0.6 is 11.6 Å². The van der Waals surface area contributed by atoms with Gasteiger partial charge in [0.1, 0.15) is 5.56 Å².